The largest absolute Gasteiger partial charge is 0.372 e. The summed E-state index contributed by atoms with van der Waals surface area (Å²) in [5.41, 5.74) is 8.08. The lowest BCUT2D eigenvalue weighted by Crippen LogP contribution is -2.19. The van der Waals surface area contributed by atoms with E-state index in [0.717, 1.165) is 41.4 Å². The third kappa shape index (κ3) is 4.63. The van der Waals surface area contributed by atoms with Crippen molar-refractivity contribution in [2.24, 2.45) is 5.10 Å². The predicted molar refractivity (Wildman–Crippen MR) is 128 cm³/mol. The summed E-state index contributed by atoms with van der Waals surface area (Å²) < 4.78 is 2.04. The van der Waals surface area contributed by atoms with Crippen LogP contribution in [0.4, 0.5) is 5.69 Å². The number of hydrazone groups is 1. The molecule has 0 aliphatic carbocycles. The van der Waals surface area contributed by atoms with Gasteiger partial charge < -0.3 is 9.47 Å². The highest BCUT2D eigenvalue weighted by Crippen LogP contribution is 2.28. The maximum Gasteiger partial charge on any atom is 0.271 e. The number of aromatic nitrogens is 1. The maximum atomic E-state index is 12.4. The van der Waals surface area contributed by atoms with Crippen LogP contribution in [0.25, 0.3) is 5.69 Å². The minimum atomic E-state index is -0.237. The van der Waals surface area contributed by atoms with Gasteiger partial charge in [-0.1, -0.05) is 23.2 Å². The molecule has 1 aliphatic rings. The fraction of sp³-hybridized carbons (Fsp3) is 0.250. The first-order valence-corrected chi connectivity index (χ1v) is 11.0. The van der Waals surface area contributed by atoms with Crippen LogP contribution in [0.1, 0.15) is 40.2 Å². The average Bonchev–Trinajstić information content (AvgIpc) is 3.38. The summed E-state index contributed by atoms with van der Waals surface area (Å²) in [6.07, 6.45) is 4.10. The Morgan fingerprint density at radius 3 is 2.42 bits per heavy atom. The Labute approximate surface area is 192 Å². The average molecular weight is 455 g/mol. The van der Waals surface area contributed by atoms with E-state index in [2.05, 4.69) is 15.4 Å². The molecule has 1 amide bonds. The van der Waals surface area contributed by atoms with Crippen molar-refractivity contribution in [3.8, 4) is 5.69 Å². The lowest BCUT2D eigenvalue weighted by atomic mass is 10.2. The van der Waals surface area contributed by atoms with Crippen LogP contribution in [0.5, 0.6) is 0 Å². The molecule has 2 aromatic carbocycles. The first-order chi connectivity index (χ1) is 14.9. The number of anilines is 1. The summed E-state index contributed by atoms with van der Waals surface area (Å²) in [6.45, 7) is 6.14. The molecular formula is C24H24Cl2N4O. The van der Waals surface area contributed by atoms with Crippen LogP contribution >= 0.6 is 23.2 Å². The predicted octanol–water partition coefficient (Wildman–Crippen LogP) is 5.77. The van der Waals surface area contributed by atoms with Crippen molar-refractivity contribution in [3.63, 3.8) is 0 Å². The van der Waals surface area contributed by atoms with E-state index in [1.165, 1.54) is 12.8 Å². The second-order valence-electron chi connectivity index (χ2n) is 7.70. The molecule has 0 bridgehead atoms. The van der Waals surface area contributed by atoms with E-state index in [4.69, 9.17) is 23.2 Å². The summed E-state index contributed by atoms with van der Waals surface area (Å²) in [4.78, 5) is 14.8. The molecule has 1 aliphatic heterocycles. The first kappa shape index (κ1) is 21.5. The lowest BCUT2D eigenvalue weighted by molar-refractivity contribution is 0.0955. The Balaban J connectivity index is 1.46. The van der Waals surface area contributed by atoms with Gasteiger partial charge in [0.15, 0.2) is 0 Å². The van der Waals surface area contributed by atoms with Gasteiger partial charge in [-0.05, 0) is 75.2 Å². The highest BCUT2D eigenvalue weighted by atomic mass is 35.5. The zero-order chi connectivity index (χ0) is 22.0. The molecule has 0 radical (unpaired) electrons. The van der Waals surface area contributed by atoms with Crippen LogP contribution in [-0.2, 0) is 0 Å². The molecule has 1 N–H and O–H groups in total. The Morgan fingerprint density at radius 2 is 1.74 bits per heavy atom. The van der Waals surface area contributed by atoms with Crippen molar-refractivity contribution < 1.29 is 4.79 Å². The standard InChI is InChI=1S/C24H24Cl2N4O/c1-16-13-19(17(2)30(16)23-10-7-20(25)14-22(23)26)15-27-28-24(31)18-5-8-21(9-6-18)29-11-3-4-12-29/h5-10,13-15H,3-4,11-12H2,1-2H3,(H,28,31)/b27-15-. The Bertz CT molecular complexity index is 1130. The van der Waals surface area contributed by atoms with Crippen molar-refractivity contribution in [1.82, 2.24) is 9.99 Å². The summed E-state index contributed by atoms with van der Waals surface area (Å²) in [6, 6.07) is 15.1. The molecule has 0 saturated carbocycles. The maximum absolute atomic E-state index is 12.4. The van der Waals surface area contributed by atoms with Gasteiger partial charge in [0.2, 0.25) is 0 Å². The molecule has 5 nitrogen and oxygen atoms in total. The molecule has 0 atom stereocenters. The van der Waals surface area contributed by atoms with Crippen molar-refractivity contribution in [2.75, 3.05) is 18.0 Å². The number of amides is 1. The van der Waals surface area contributed by atoms with E-state index in [-0.39, 0.29) is 5.91 Å². The van der Waals surface area contributed by atoms with Gasteiger partial charge in [-0.2, -0.15) is 5.10 Å². The second-order valence-corrected chi connectivity index (χ2v) is 8.54. The van der Waals surface area contributed by atoms with Gasteiger partial charge in [0.05, 0.1) is 16.9 Å². The van der Waals surface area contributed by atoms with Gasteiger partial charge in [-0.25, -0.2) is 5.43 Å². The number of hydrogen-bond acceptors (Lipinski definition) is 3. The summed E-state index contributed by atoms with van der Waals surface area (Å²) >= 11 is 12.4. The van der Waals surface area contributed by atoms with Crippen molar-refractivity contribution in [3.05, 3.63) is 81.1 Å². The van der Waals surface area contributed by atoms with Gasteiger partial charge in [-0.15, -0.1) is 0 Å². The molecule has 1 fully saturated rings. The number of halogens is 2. The Kier molecular flexibility index (Phi) is 6.35. The molecule has 7 heteroatoms. The number of carbonyl (C=O) groups excluding carboxylic acids is 1. The highest BCUT2D eigenvalue weighted by molar-refractivity contribution is 6.35. The fourth-order valence-corrected chi connectivity index (χ4v) is 4.47. The quantitative estimate of drug-likeness (QED) is 0.393. The SMILES string of the molecule is Cc1cc(/C=N\NC(=O)c2ccc(N3CCCC3)cc2)c(C)n1-c1ccc(Cl)cc1Cl. The molecule has 0 spiro atoms. The third-order valence-electron chi connectivity index (χ3n) is 5.59. The lowest BCUT2D eigenvalue weighted by Gasteiger charge is -2.17. The van der Waals surface area contributed by atoms with Gasteiger partial charge >= 0.3 is 0 Å². The molecule has 0 unspecified atom stereocenters. The van der Waals surface area contributed by atoms with Crippen molar-refractivity contribution in [1.29, 1.82) is 0 Å². The van der Waals surface area contributed by atoms with E-state index in [1.54, 1.807) is 12.3 Å². The van der Waals surface area contributed by atoms with Gasteiger partial charge in [0.25, 0.3) is 5.91 Å². The number of nitrogens with zero attached hydrogens (tertiary/aromatic N) is 3. The smallest absolute Gasteiger partial charge is 0.271 e. The number of carbonyl (C=O) groups is 1. The monoisotopic (exact) mass is 454 g/mol. The second kappa shape index (κ2) is 9.16. The normalized spacial score (nSPS) is 13.9. The van der Waals surface area contributed by atoms with Crippen LogP contribution in [-0.4, -0.2) is 29.8 Å². The number of nitrogens with one attached hydrogen (secondary N) is 1. The summed E-state index contributed by atoms with van der Waals surface area (Å²) in [5.74, 6) is -0.237. The molecule has 31 heavy (non-hydrogen) atoms. The van der Waals surface area contributed by atoms with Crippen LogP contribution in [0.15, 0.2) is 53.6 Å². The zero-order valence-electron chi connectivity index (χ0n) is 17.5. The molecule has 4 rings (SSSR count). The number of hydrogen-bond donors (Lipinski definition) is 1. The number of aryl methyl sites for hydroxylation is 1. The van der Waals surface area contributed by atoms with Crippen molar-refractivity contribution in [2.45, 2.75) is 26.7 Å². The van der Waals surface area contributed by atoms with Crippen LogP contribution in [0.3, 0.4) is 0 Å². The Hall–Kier alpha value is -2.76. The molecule has 1 saturated heterocycles. The van der Waals surface area contributed by atoms with Gasteiger partial charge in [-0.3, -0.25) is 4.79 Å². The molecule has 1 aromatic heterocycles. The number of rotatable bonds is 5. The topological polar surface area (TPSA) is 49.6 Å². The summed E-state index contributed by atoms with van der Waals surface area (Å²) in [5, 5.41) is 5.33. The summed E-state index contributed by atoms with van der Waals surface area (Å²) in [7, 11) is 0. The van der Waals surface area contributed by atoms with Gasteiger partial charge in [0, 0.05) is 46.3 Å². The van der Waals surface area contributed by atoms with Crippen molar-refractivity contribution >= 4 is 41.0 Å². The minimum Gasteiger partial charge on any atom is -0.372 e. The van der Waals surface area contributed by atoms with E-state index < -0.39 is 0 Å². The van der Waals surface area contributed by atoms with Crippen LogP contribution < -0.4 is 10.3 Å². The highest BCUT2D eigenvalue weighted by Gasteiger charge is 2.14. The van der Waals surface area contributed by atoms with Crippen LogP contribution in [0, 0.1) is 13.8 Å². The van der Waals surface area contributed by atoms with Gasteiger partial charge in [0.1, 0.15) is 0 Å². The first-order valence-electron chi connectivity index (χ1n) is 10.3. The molecule has 160 valence electrons. The van der Waals surface area contributed by atoms with E-state index in [0.29, 0.717) is 15.6 Å². The van der Waals surface area contributed by atoms with E-state index in [1.807, 2.05) is 60.9 Å². The Morgan fingerprint density at radius 1 is 1.03 bits per heavy atom. The fourth-order valence-electron chi connectivity index (χ4n) is 3.98. The van der Waals surface area contributed by atoms with E-state index in [9.17, 15) is 4.79 Å². The van der Waals surface area contributed by atoms with E-state index >= 15 is 0 Å². The molecule has 3 aromatic rings. The zero-order valence-corrected chi connectivity index (χ0v) is 19.0. The molecular weight excluding hydrogens is 431 g/mol. The third-order valence-corrected chi connectivity index (χ3v) is 6.13. The minimum absolute atomic E-state index is 0.237. The van der Waals surface area contributed by atoms with Crippen LogP contribution in [0.2, 0.25) is 10.0 Å². The molecule has 2 heterocycles. The number of benzene rings is 2.